The number of nitrogens with zero attached hydrogens (tertiary/aromatic N) is 1. The zero-order valence-corrected chi connectivity index (χ0v) is 16.2. The van der Waals surface area contributed by atoms with E-state index in [1.807, 2.05) is 0 Å². The van der Waals surface area contributed by atoms with Crippen LogP contribution in [0.1, 0.15) is 58.3 Å². The van der Waals surface area contributed by atoms with Gasteiger partial charge in [0, 0.05) is 25.2 Å². The van der Waals surface area contributed by atoms with Gasteiger partial charge < -0.3 is 15.4 Å². The Labute approximate surface area is 152 Å². The van der Waals surface area contributed by atoms with Crippen LogP contribution < -0.4 is 10.6 Å². The van der Waals surface area contributed by atoms with Crippen LogP contribution in [-0.2, 0) is 14.6 Å². The standard InChI is InChI=1S/C18H33N3O3S/c1-14-11-17(7-9-24-14)21-18(20-16-5-3-2-4-6-16)19-12-15-8-10-25(22,23)13-15/h14-17H,2-13H2,1H3,(H2,19,20,21). The first-order valence-electron chi connectivity index (χ1n) is 9.90. The molecular weight excluding hydrogens is 338 g/mol. The van der Waals surface area contributed by atoms with Gasteiger partial charge in [0.2, 0.25) is 0 Å². The van der Waals surface area contributed by atoms with Crippen molar-refractivity contribution in [1.82, 2.24) is 10.6 Å². The summed E-state index contributed by atoms with van der Waals surface area (Å²) in [7, 11) is -2.83. The quantitative estimate of drug-likeness (QED) is 0.582. The summed E-state index contributed by atoms with van der Waals surface area (Å²) < 4.78 is 29.0. The van der Waals surface area contributed by atoms with E-state index >= 15 is 0 Å². The minimum Gasteiger partial charge on any atom is -0.378 e. The number of guanidine groups is 1. The topological polar surface area (TPSA) is 79.8 Å². The van der Waals surface area contributed by atoms with Crippen molar-refractivity contribution < 1.29 is 13.2 Å². The summed E-state index contributed by atoms with van der Waals surface area (Å²) in [5.74, 6) is 1.66. The van der Waals surface area contributed by atoms with Gasteiger partial charge in [-0.2, -0.15) is 0 Å². The Kier molecular flexibility index (Phi) is 6.61. The fourth-order valence-electron chi connectivity index (χ4n) is 4.13. The number of nitrogens with one attached hydrogen (secondary N) is 2. The highest BCUT2D eigenvalue weighted by Crippen LogP contribution is 2.20. The van der Waals surface area contributed by atoms with Gasteiger partial charge in [-0.25, -0.2) is 8.42 Å². The lowest BCUT2D eigenvalue weighted by Crippen LogP contribution is -2.50. The lowest BCUT2D eigenvalue weighted by molar-refractivity contribution is 0.0165. The van der Waals surface area contributed by atoms with Crippen molar-refractivity contribution in [2.75, 3.05) is 24.7 Å². The second kappa shape index (κ2) is 8.71. The summed E-state index contributed by atoms with van der Waals surface area (Å²) in [5.41, 5.74) is 0. The number of sulfone groups is 1. The maximum Gasteiger partial charge on any atom is 0.191 e. The summed E-state index contributed by atoms with van der Waals surface area (Å²) in [6.45, 7) is 3.50. The first kappa shape index (κ1) is 19.0. The van der Waals surface area contributed by atoms with Crippen LogP contribution in [0.15, 0.2) is 4.99 Å². The summed E-state index contributed by atoms with van der Waals surface area (Å²) in [5, 5.41) is 7.20. The average molecular weight is 372 g/mol. The van der Waals surface area contributed by atoms with E-state index < -0.39 is 9.84 Å². The number of aliphatic imine (C=N–C) groups is 1. The van der Waals surface area contributed by atoms with Gasteiger partial charge in [0.05, 0.1) is 17.6 Å². The number of rotatable bonds is 4. The Morgan fingerprint density at radius 3 is 2.52 bits per heavy atom. The summed E-state index contributed by atoms with van der Waals surface area (Å²) >= 11 is 0. The molecule has 1 aliphatic carbocycles. The van der Waals surface area contributed by atoms with Crippen molar-refractivity contribution in [2.24, 2.45) is 10.9 Å². The van der Waals surface area contributed by atoms with Gasteiger partial charge in [0.25, 0.3) is 0 Å². The van der Waals surface area contributed by atoms with E-state index in [0.717, 1.165) is 31.8 Å². The lowest BCUT2D eigenvalue weighted by Gasteiger charge is -2.31. The second-order valence-corrected chi connectivity index (χ2v) is 10.2. The van der Waals surface area contributed by atoms with Gasteiger partial charge in [-0.05, 0) is 44.9 Å². The predicted molar refractivity (Wildman–Crippen MR) is 101 cm³/mol. The van der Waals surface area contributed by atoms with E-state index in [-0.39, 0.29) is 12.0 Å². The molecular formula is C18H33N3O3S. The Morgan fingerprint density at radius 2 is 1.84 bits per heavy atom. The maximum absolute atomic E-state index is 11.7. The number of hydrogen-bond donors (Lipinski definition) is 2. The zero-order chi connectivity index (χ0) is 17.7. The van der Waals surface area contributed by atoms with Crippen LogP contribution in [-0.4, -0.2) is 57.2 Å². The Hall–Kier alpha value is -0.820. The first-order valence-corrected chi connectivity index (χ1v) is 11.7. The molecule has 3 aliphatic rings. The van der Waals surface area contributed by atoms with Gasteiger partial charge >= 0.3 is 0 Å². The van der Waals surface area contributed by atoms with Crippen LogP contribution in [0.5, 0.6) is 0 Å². The molecule has 6 nitrogen and oxygen atoms in total. The Bertz CT molecular complexity index is 558. The van der Waals surface area contributed by atoms with Crippen LogP contribution in [0.2, 0.25) is 0 Å². The van der Waals surface area contributed by atoms with Gasteiger partial charge in [-0.1, -0.05) is 19.3 Å². The Balaban J connectivity index is 1.59. The molecule has 0 aromatic rings. The van der Waals surface area contributed by atoms with Gasteiger partial charge in [-0.15, -0.1) is 0 Å². The smallest absolute Gasteiger partial charge is 0.191 e. The fraction of sp³-hybridized carbons (Fsp3) is 0.944. The molecule has 0 radical (unpaired) electrons. The highest BCUT2D eigenvalue weighted by Gasteiger charge is 2.28. The molecule has 2 aliphatic heterocycles. The molecule has 144 valence electrons. The summed E-state index contributed by atoms with van der Waals surface area (Å²) in [6, 6.07) is 0.871. The third-order valence-electron chi connectivity index (χ3n) is 5.61. The van der Waals surface area contributed by atoms with Crippen molar-refractivity contribution in [1.29, 1.82) is 0 Å². The summed E-state index contributed by atoms with van der Waals surface area (Å²) in [6.07, 6.45) is 9.29. The molecule has 1 saturated carbocycles. The Morgan fingerprint density at radius 1 is 1.08 bits per heavy atom. The largest absolute Gasteiger partial charge is 0.378 e. The molecule has 3 fully saturated rings. The van der Waals surface area contributed by atoms with E-state index in [1.54, 1.807) is 0 Å². The third kappa shape index (κ3) is 6.13. The molecule has 0 amide bonds. The molecule has 7 heteroatoms. The molecule has 3 unspecified atom stereocenters. The molecule has 2 N–H and O–H groups in total. The van der Waals surface area contributed by atoms with Crippen LogP contribution >= 0.6 is 0 Å². The van der Waals surface area contributed by atoms with Crippen molar-refractivity contribution >= 4 is 15.8 Å². The molecule has 3 rings (SSSR count). The SMILES string of the molecule is CC1CC(NC(=NCC2CCS(=O)(=O)C2)NC2CCCCC2)CCO1. The van der Waals surface area contributed by atoms with Crippen LogP contribution in [0.4, 0.5) is 0 Å². The molecule has 2 saturated heterocycles. The second-order valence-electron chi connectivity index (χ2n) is 7.98. The van der Waals surface area contributed by atoms with Gasteiger partial charge in [0.15, 0.2) is 15.8 Å². The molecule has 0 aromatic heterocycles. The van der Waals surface area contributed by atoms with Crippen molar-refractivity contribution in [3.8, 4) is 0 Å². The minimum atomic E-state index is -2.83. The van der Waals surface area contributed by atoms with Crippen LogP contribution in [0, 0.1) is 5.92 Å². The van der Waals surface area contributed by atoms with Crippen LogP contribution in [0.3, 0.4) is 0 Å². The van der Waals surface area contributed by atoms with Gasteiger partial charge in [0.1, 0.15) is 0 Å². The maximum atomic E-state index is 11.7. The molecule has 0 bridgehead atoms. The van der Waals surface area contributed by atoms with Crippen LogP contribution in [0.25, 0.3) is 0 Å². The number of hydrogen-bond acceptors (Lipinski definition) is 4. The minimum absolute atomic E-state index is 0.170. The van der Waals surface area contributed by atoms with Gasteiger partial charge in [-0.3, -0.25) is 4.99 Å². The molecule has 3 atom stereocenters. The van der Waals surface area contributed by atoms with E-state index in [9.17, 15) is 8.42 Å². The van der Waals surface area contributed by atoms with E-state index in [1.165, 1.54) is 32.1 Å². The molecule has 2 heterocycles. The van der Waals surface area contributed by atoms with Crippen molar-refractivity contribution in [3.63, 3.8) is 0 Å². The fourth-order valence-corrected chi connectivity index (χ4v) is 5.98. The zero-order valence-electron chi connectivity index (χ0n) is 15.4. The predicted octanol–water partition coefficient (Wildman–Crippen LogP) is 1.86. The monoisotopic (exact) mass is 371 g/mol. The highest BCUT2D eigenvalue weighted by molar-refractivity contribution is 7.91. The molecule has 25 heavy (non-hydrogen) atoms. The first-order chi connectivity index (χ1) is 12.0. The highest BCUT2D eigenvalue weighted by atomic mass is 32.2. The normalized spacial score (nSPS) is 34.0. The van der Waals surface area contributed by atoms with Crippen molar-refractivity contribution in [2.45, 2.75) is 76.5 Å². The van der Waals surface area contributed by atoms with E-state index in [2.05, 4.69) is 17.6 Å². The van der Waals surface area contributed by atoms with E-state index in [0.29, 0.717) is 30.1 Å². The van der Waals surface area contributed by atoms with Crippen molar-refractivity contribution in [3.05, 3.63) is 0 Å². The molecule has 0 spiro atoms. The lowest BCUT2D eigenvalue weighted by atomic mass is 9.95. The number of ether oxygens (including phenoxy) is 1. The molecule has 0 aromatic carbocycles. The third-order valence-corrected chi connectivity index (χ3v) is 7.44. The summed E-state index contributed by atoms with van der Waals surface area (Å²) in [4.78, 5) is 4.77. The van der Waals surface area contributed by atoms with E-state index in [4.69, 9.17) is 9.73 Å². The average Bonchev–Trinajstić information content (AvgIpc) is 2.93.